The molecule has 9 heteroatoms. The number of carbonyl (C=O) groups is 1. The second kappa shape index (κ2) is 9.55. The van der Waals surface area contributed by atoms with Gasteiger partial charge in [0.15, 0.2) is 0 Å². The molecule has 0 bridgehead atoms. The molecule has 2 aromatic carbocycles. The van der Waals surface area contributed by atoms with Gasteiger partial charge in [-0.3, -0.25) is 19.8 Å². The largest absolute Gasteiger partial charge is 0.349 e. The van der Waals surface area contributed by atoms with Crippen molar-refractivity contribution in [1.29, 1.82) is 0 Å². The van der Waals surface area contributed by atoms with E-state index in [9.17, 15) is 14.9 Å². The summed E-state index contributed by atoms with van der Waals surface area (Å²) in [6.45, 7) is 3.61. The molecule has 0 radical (unpaired) electrons. The summed E-state index contributed by atoms with van der Waals surface area (Å²) < 4.78 is 3.45. The minimum absolute atomic E-state index is 0.0497. The standard InChI is InChI=1S/C26H26N6O3/c1-28-12-6-11-24(28)23-18-25(31(27-23)21-9-5-10-22(17-21)32(34)35)26(33)30-15-13-29(14-16-30)19-20-7-3-2-4-8-20/h2-12,17-18H,13-16,19H2,1H3. The molecule has 0 saturated carbocycles. The van der Waals surface area contributed by atoms with E-state index in [2.05, 4.69) is 22.1 Å². The number of non-ortho nitro benzene ring substituents is 1. The maximum Gasteiger partial charge on any atom is 0.272 e. The second-order valence-corrected chi connectivity index (χ2v) is 8.66. The van der Waals surface area contributed by atoms with Gasteiger partial charge < -0.3 is 9.47 Å². The van der Waals surface area contributed by atoms with Gasteiger partial charge in [-0.1, -0.05) is 36.4 Å². The van der Waals surface area contributed by atoms with Crippen LogP contribution in [0.15, 0.2) is 79.0 Å². The molecule has 1 aliphatic rings. The Morgan fingerprint density at radius 3 is 2.43 bits per heavy atom. The number of aromatic nitrogens is 3. The smallest absolute Gasteiger partial charge is 0.272 e. The van der Waals surface area contributed by atoms with E-state index in [1.807, 2.05) is 53.0 Å². The highest BCUT2D eigenvalue weighted by molar-refractivity contribution is 5.94. The summed E-state index contributed by atoms with van der Waals surface area (Å²) in [5.41, 5.74) is 3.56. The van der Waals surface area contributed by atoms with Crippen molar-refractivity contribution >= 4 is 11.6 Å². The first-order valence-electron chi connectivity index (χ1n) is 11.5. The van der Waals surface area contributed by atoms with Gasteiger partial charge in [-0.2, -0.15) is 5.10 Å². The zero-order valence-electron chi connectivity index (χ0n) is 19.4. The van der Waals surface area contributed by atoms with Gasteiger partial charge in [-0.05, 0) is 29.8 Å². The second-order valence-electron chi connectivity index (χ2n) is 8.66. The molecule has 1 aliphatic heterocycles. The van der Waals surface area contributed by atoms with E-state index in [4.69, 9.17) is 0 Å². The summed E-state index contributed by atoms with van der Waals surface area (Å²) >= 11 is 0. The lowest BCUT2D eigenvalue weighted by Crippen LogP contribution is -2.48. The van der Waals surface area contributed by atoms with E-state index in [1.165, 1.54) is 22.4 Å². The van der Waals surface area contributed by atoms with Gasteiger partial charge in [0.1, 0.15) is 11.4 Å². The fourth-order valence-corrected chi connectivity index (χ4v) is 4.43. The van der Waals surface area contributed by atoms with Crippen LogP contribution >= 0.6 is 0 Å². The fraction of sp³-hybridized carbons (Fsp3) is 0.231. The Balaban J connectivity index is 1.42. The number of hydrogen-bond donors (Lipinski definition) is 0. The average molecular weight is 471 g/mol. The first-order valence-corrected chi connectivity index (χ1v) is 11.5. The first-order chi connectivity index (χ1) is 17.0. The highest BCUT2D eigenvalue weighted by atomic mass is 16.6. The Morgan fingerprint density at radius 1 is 0.971 bits per heavy atom. The molecule has 35 heavy (non-hydrogen) atoms. The topological polar surface area (TPSA) is 89.4 Å². The summed E-state index contributed by atoms with van der Waals surface area (Å²) in [6, 6.07) is 22.1. The summed E-state index contributed by atoms with van der Waals surface area (Å²) in [6.07, 6.45) is 1.91. The van der Waals surface area contributed by atoms with E-state index < -0.39 is 4.92 Å². The van der Waals surface area contributed by atoms with Crippen molar-refractivity contribution in [2.75, 3.05) is 26.2 Å². The predicted octanol–water partition coefficient (Wildman–Crippen LogP) is 3.74. The van der Waals surface area contributed by atoms with Gasteiger partial charge in [-0.25, -0.2) is 4.68 Å². The van der Waals surface area contributed by atoms with Crippen LogP contribution in [0.25, 0.3) is 17.1 Å². The zero-order valence-corrected chi connectivity index (χ0v) is 19.4. The number of nitro groups is 1. The quantitative estimate of drug-likeness (QED) is 0.316. The number of aryl methyl sites for hydroxylation is 1. The van der Waals surface area contributed by atoms with Crippen LogP contribution < -0.4 is 0 Å². The third kappa shape index (κ3) is 4.71. The van der Waals surface area contributed by atoms with Crippen molar-refractivity contribution < 1.29 is 9.72 Å². The van der Waals surface area contributed by atoms with Crippen LogP contribution in [0.1, 0.15) is 16.1 Å². The molecule has 9 nitrogen and oxygen atoms in total. The summed E-state index contributed by atoms with van der Waals surface area (Å²) in [5.74, 6) is -0.135. The molecule has 0 atom stereocenters. The van der Waals surface area contributed by atoms with Crippen LogP contribution in [0.5, 0.6) is 0 Å². The van der Waals surface area contributed by atoms with Crippen LogP contribution in [-0.2, 0) is 13.6 Å². The number of benzene rings is 2. The number of nitro benzene ring substituents is 1. The molecule has 1 saturated heterocycles. The number of carbonyl (C=O) groups excluding carboxylic acids is 1. The monoisotopic (exact) mass is 470 g/mol. The molecular weight excluding hydrogens is 444 g/mol. The molecule has 4 aromatic rings. The van der Waals surface area contributed by atoms with Crippen LogP contribution in [0, 0.1) is 10.1 Å². The van der Waals surface area contributed by atoms with Gasteiger partial charge in [-0.15, -0.1) is 0 Å². The lowest BCUT2D eigenvalue weighted by molar-refractivity contribution is -0.384. The van der Waals surface area contributed by atoms with Crippen molar-refractivity contribution in [2.24, 2.45) is 7.05 Å². The molecule has 0 unspecified atom stereocenters. The minimum Gasteiger partial charge on any atom is -0.349 e. The normalized spacial score (nSPS) is 14.3. The highest BCUT2D eigenvalue weighted by Crippen LogP contribution is 2.25. The van der Waals surface area contributed by atoms with Gasteiger partial charge in [0.05, 0.1) is 16.3 Å². The first kappa shape index (κ1) is 22.5. The van der Waals surface area contributed by atoms with Crippen molar-refractivity contribution in [3.8, 4) is 17.1 Å². The number of amides is 1. The Labute approximate surface area is 203 Å². The number of nitrogens with zero attached hydrogens (tertiary/aromatic N) is 6. The lowest BCUT2D eigenvalue weighted by Gasteiger charge is -2.34. The molecule has 0 aliphatic carbocycles. The van der Waals surface area contributed by atoms with Crippen LogP contribution in [0.3, 0.4) is 0 Å². The summed E-state index contributed by atoms with van der Waals surface area (Å²) in [4.78, 5) is 28.7. The third-order valence-electron chi connectivity index (χ3n) is 6.33. The van der Waals surface area contributed by atoms with Crippen LogP contribution in [0.4, 0.5) is 5.69 Å². The van der Waals surface area contributed by atoms with Gasteiger partial charge >= 0.3 is 0 Å². The van der Waals surface area contributed by atoms with Gasteiger partial charge in [0, 0.05) is 58.1 Å². The zero-order chi connectivity index (χ0) is 24.4. The maximum absolute atomic E-state index is 13.7. The molecule has 0 spiro atoms. The van der Waals surface area contributed by atoms with Crippen molar-refractivity contribution in [3.63, 3.8) is 0 Å². The van der Waals surface area contributed by atoms with E-state index in [0.717, 1.165) is 25.3 Å². The van der Waals surface area contributed by atoms with E-state index >= 15 is 0 Å². The lowest BCUT2D eigenvalue weighted by atomic mass is 10.2. The van der Waals surface area contributed by atoms with Crippen LogP contribution in [0.2, 0.25) is 0 Å². The summed E-state index contributed by atoms with van der Waals surface area (Å²) in [5, 5.41) is 16.0. The number of hydrogen-bond acceptors (Lipinski definition) is 5. The number of piperazine rings is 1. The van der Waals surface area contributed by atoms with Gasteiger partial charge in [0.25, 0.3) is 11.6 Å². The Kier molecular flexibility index (Phi) is 6.15. The molecular formula is C26H26N6O3. The van der Waals surface area contributed by atoms with E-state index in [-0.39, 0.29) is 11.6 Å². The molecule has 5 rings (SSSR count). The molecule has 3 heterocycles. The van der Waals surface area contributed by atoms with Crippen LogP contribution in [-0.4, -0.2) is 61.2 Å². The number of rotatable bonds is 6. The van der Waals surface area contributed by atoms with Crippen molar-refractivity contribution in [3.05, 3.63) is 100 Å². The fourth-order valence-electron chi connectivity index (χ4n) is 4.43. The third-order valence-corrected chi connectivity index (χ3v) is 6.33. The molecule has 0 N–H and O–H groups in total. The van der Waals surface area contributed by atoms with Gasteiger partial charge in [0.2, 0.25) is 0 Å². The predicted molar refractivity (Wildman–Crippen MR) is 132 cm³/mol. The maximum atomic E-state index is 13.7. The van der Waals surface area contributed by atoms with E-state index in [0.29, 0.717) is 30.2 Å². The average Bonchev–Trinajstić information content (AvgIpc) is 3.51. The molecule has 178 valence electrons. The Bertz CT molecular complexity index is 1350. The Morgan fingerprint density at radius 2 is 1.74 bits per heavy atom. The minimum atomic E-state index is -0.446. The highest BCUT2D eigenvalue weighted by Gasteiger charge is 2.27. The summed E-state index contributed by atoms with van der Waals surface area (Å²) in [7, 11) is 1.91. The van der Waals surface area contributed by atoms with E-state index in [1.54, 1.807) is 18.2 Å². The van der Waals surface area contributed by atoms with Crippen molar-refractivity contribution in [1.82, 2.24) is 24.1 Å². The SMILES string of the molecule is Cn1cccc1-c1cc(C(=O)N2CCN(Cc3ccccc3)CC2)n(-c2cccc([N+](=O)[O-])c2)n1. The molecule has 1 fully saturated rings. The van der Waals surface area contributed by atoms with Crippen molar-refractivity contribution in [2.45, 2.75) is 6.54 Å². The Hall–Kier alpha value is -4.24. The molecule has 2 aromatic heterocycles. The molecule has 1 amide bonds.